The molecule has 0 radical (unpaired) electrons. The van der Waals surface area contributed by atoms with Gasteiger partial charge in [0.2, 0.25) is 0 Å². The summed E-state index contributed by atoms with van der Waals surface area (Å²) in [6.07, 6.45) is 14.2. The van der Waals surface area contributed by atoms with Crippen LogP contribution in [0.4, 0.5) is 5.69 Å². The molecule has 3 aliphatic rings. The number of aryl methyl sites for hydroxylation is 3. The lowest BCUT2D eigenvalue weighted by Crippen LogP contribution is -2.30. The Hall–Kier alpha value is -2.22. The SMILES string of the molecule is Cc1cc(C)c(C2Nc3ccc(OCCC4CCCCC4)cc3C3C=CCC32)c(C)c1. The van der Waals surface area contributed by atoms with Crippen LogP contribution in [0, 0.1) is 32.6 Å². The Morgan fingerprint density at radius 3 is 2.52 bits per heavy atom. The molecular formula is C29H37NO. The number of allylic oxidation sites excluding steroid dienone is 2. The van der Waals surface area contributed by atoms with Crippen LogP contribution in [-0.2, 0) is 0 Å². The average molecular weight is 416 g/mol. The fourth-order valence-electron chi connectivity index (χ4n) is 6.45. The maximum Gasteiger partial charge on any atom is 0.119 e. The van der Waals surface area contributed by atoms with Crippen molar-refractivity contribution in [2.75, 3.05) is 11.9 Å². The second-order valence-corrected chi connectivity index (χ2v) is 10.2. The van der Waals surface area contributed by atoms with Gasteiger partial charge in [-0.3, -0.25) is 0 Å². The molecule has 2 aliphatic carbocycles. The number of anilines is 1. The van der Waals surface area contributed by atoms with Gasteiger partial charge in [-0.1, -0.05) is 62.0 Å². The number of nitrogens with one attached hydrogen (secondary N) is 1. The maximum atomic E-state index is 6.23. The van der Waals surface area contributed by atoms with E-state index in [2.05, 4.69) is 68.6 Å². The summed E-state index contributed by atoms with van der Waals surface area (Å²) in [6, 6.07) is 11.8. The third-order valence-corrected chi connectivity index (χ3v) is 7.90. The Kier molecular flexibility index (Phi) is 5.82. The first-order chi connectivity index (χ1) is 15.1. The fourth-order valence-corrected chi connectivity index (χ4v) is 6.45. The normalized spacial score (nSPS) is 25.1. The van der Waals surface area contributed by atoms with Gasteiger partial charge >= 0.3 is 0 Å². The Labute approximate surface area is 188 Å². The van der Waals surface area contributed by atoms with Crippen LogP contribution in [0.5, 0.6) is 5.75 Å². The highest BCUT2D eigenvalue weighted by atomic mass is 16.5. The molecule has 0 saturated heterocycles. The van der Waals surface area contributed by atoms with Gasteiger partial charge in [-0.15, -0.1) is 0 Å². The van der Waals surface area contributed by atoms with E-state index in [0.29, 0.717) is 17.9 Å². The molecular weight excluding hydrogens is 378 g/mol. The summed E-state index contributed by atoms with van der Waals surface area (Å²) in [6.45, 7) is 7.59. The molecule has 2 heteroatoms. The van der Waals surface area contributed by atoms with Crippen LogP contribution in [-0.4, -0.2) is 6.61 Å². The van der Waals surface area contributed by atoms with Gasteiger partial charge in [0.1, 0.15) is 5.75 Å². The molecule has 164 valence electrons. The van der Waals surface area contributed by atoms with Crippen LogP contribution < -0.4 is 10.1 Å². The molecule has 5 rings (SSSR count). The molecule has 1 aliphatic heterocycles. The summed E-state index contributed by atoms with van der Waals surface area (Å²) in [5.41, 5.74) is 8.34. The van der Waals surface area contributed by atoms with Gasteiger partial charge in [0.25, 0.3) is 0 Å². The van der Waals surface area contributed by atoms with E-state index in [-0.39, 0.29) is 0 Å². The molecule has 2 aromatic rings. The van der Waals surface area contributed by atoms with Gasteiger partial charge in [0, 0.05) is 11.6 Å². The second-order valence-electron chi connectivity index (χ2n) is 10.2. The minimum Gasteiger partial charge on any atom is -0.494 e. The van der Waals surface area contributed by atoms with E-state index in [0.717, 1.165) is 24.7 Å². The number of hydrogen-bond donors (Lipinski definition) is 1. The first kappa shape index (κ1) is 20.7. The summed E-state index contributed by atoms with van der Waals surface area (Å²) in [5.74, 6) is 2.96. The zero-order chi connectivity index (χ0) is 21.4. The van der Waals surface area contributed by atoms with Crippen molar-refractivity contribution in [3.05, 3.63) is 70.3 Å². The molecule has 0 bridgehead atoms. The van der Waals surface area contributed by atoms with Crippen molar-refractivity contribution in [1.29, 1.82) is 0 Å². The molecule has 3 unspecified atom stereocenters. The first-order valence-electron chi connectivity index (χ1n) is 12.4. The number of fused-ring (bicyclic) bond motifs is 3. The van der Waals surface area contributed by atoms with Crippen molar-refractivity contribution in [2.24, 2.45) is 11.8 Å². The molecule has 1 N–H and O–H groups in total. The van der Waals surface area contributed by atoms with E-state index in [4.69, 9.17) is 4.74 Å². The number of ether oxygens (including phenoxy) is 1. The molecule has 0 aromatic heterocycles. The van der Waals surface area contributed by atoms with Crippen molar-refractivity contribution in [3.63, 3.8) is 0 Å². The summed E-state index contributed by atoms with van der Waals surface area (Å²) >= 11 is 0. The van der Waals surface area contributed by atoms with Crippen LogP contribution in [0.15, 0.2) is 42.5 Å². The van der Waals surface area contributed by atoms with E-state index in [1.165, 1.54) is 72.0 Å². The predicted molar refractivity (Wildman–Crippen MR) is 130 cm³/mol. The molecule has 0 spiro atoms. The third-order valence-electron chi connectivity index (χ3n) is 7.90. The third kappa shape index (κ3) is 4.14. The standard InChI is InChI=1S/C29H37NO/c1-19-16-20(2)28(21(3)17-19)29-25-11-7-10-24(25)26-18-23(12-13-27(26)30-29)31-15-14-22-8-5-4-6-9-22/h7,10,12-13,16-18,22,24-25,29-30H,4-6,8-9,11,14-15H2,1-3H3. The molecule has 0 amide bonds. The van der Waals surface area contributed by atoms with Crippen molar-refractivity contribution < 1.29 is 4.74 Å². The molecule has 3 atom stereocenters. The predicted octanol–water partition coefficient (Wildman–Crippen LogP) is 7.79. The summed E-state index contributed by atoms with van der Waals surface area (Å²) in [5, 5.41) is 3.93. The highest BCUT2D eigenvalue weighted by Crippen LogP contribution is 2.51. The molecule has 31 heavy (non-hydrogen) atoms. The van der Waals surface area contributed by atoms with Crippen molar-refractivity contribution in [2.45, 2.75) is 77.7 Å². The van der Waals surface area contributed by atoms with Crippen LogP contribution >= 0.6 is 0 Å². The highest BCUT2D eigenvalue weighted by Gasteiger charge is 2.39. The van der Waals surface area contributed by atoms with Crippen LogP contribution in [0.2, 0.25) is 0 Å². The molecule has 1 fully saturated rings. The minimum atomic E-state index is 0.367. The molecule has 2 nitrogen and oxygen atoms in total. The number of rotatable bonds is 5. The second kappa shape index (κ2) is 8.73. The van der Waals surface area contributed by atoms with E-state index in [1.807, 2.05) is 0 Å². The van der Waals surface area contributed by atoms with Crippen LogP contribution in [0.25, 0.3) is 0 Å². The Bertz CT molecular complexity index is 946. The van der Waals surface area contributed by atoms with Crippen molar-refractivity contribution >= 4 is 5.69 Å². The van der Waals surface area contributed by atoms with E-state index >= 15 is 0 Å². The van der Waals surface area contributed by atoms with Gasteiger partial charge in [-0.2, -0.15) is 0 Å². The summed E-state index contributed by atoms with van der Waals surface area (Å²) in [7, 11) is 0. The largest absolute Gasteiger partial charge is 0.494 e. The van der Waals surface area contributed by atoms with E-state index in [1.54, 1.807) is 0 Å². The Balaban J connectivity index is 1.35. The quantitative estimate of drug-likeness (QED) is 0.503. The molecule has 1 heterocycles. The average Bonchev–Trinajstić information content (AvgIpc) is 3.24. The lowest BCUT2D eigenvalue weighted by atomic mass is 9.75. The Morgan fingerprint density at radius 2 is 1.74 bits per heavy atom. The molecule has 1 saturated carbocycles. The van der Waals surface area contributed by atoms with Gasteiger partial charge in [0.05, 0.1) is 12.6 Å². The monoisotopic (exact) mass is 415 g/mol. The van der Waals surface area contributed by atoms with Crippen molar-refractivity contribution in [1.82, 2.24) is 0 Å². The maximum absolute atomic E-state index is 6.23. The van der Waals surface area contributed by atoms with Crippen LogP contribution in [0.3, 0.4) is 0 Å². The van der Waals surface area contributed by atoms with E-state index in [9.17, 15) is 0 Å². The van der Waals surface area contributed by atoms with Crippen molar-refractivity contribution in [3.8, 4) is 5.75 Å². The highest BCUT2D eigenvalue weighted by molar-refractivity contribution is 5.62. The van der Waals surface area contributed by atoms with Gasteiger partial charge in [-0.25, -0.2) is 0 Å². The van der Waals surface area contributed by atoms with E-state index < -0.39 is 0 Å². The summed E-state index contributed by atoms with van der Waals surface area (Å²) < 4.78 is 6.23. The van der Waals surface area contributed by atoms with Gasteiger partial charge in [0.15, 0.2) is 0 Å². The molecule has 2 aromatic carbocycles. The fraction of sp³-hybridized carbons (Fsp3) is 0.517. The number of hydrogen-bond acceptors (Lipinski definition) is 2. The first-order valence-corrected chi connectivity index (χ1v) is 12.4. The van der Waals surface area contributed by atoms with Gasteiger partial charge in [-0.05, 0) is 85.9 Å². The summed E-state index contributed by atoms with van der Waals surface area (Å²) in [4.78, 5) is 0. The topological polar surface area (TPSA) is 21.3 Å². The lowest BCUT2D eigenvalue weighted by Gasteiger charge is -2.39. The Morgan fingerprint density at radius 1 is 0.968 bits per heavy atom. The minimum absolute atomic E-state index is 0.367. The zero-order valence-electron chi connectivity index (χ0n) is 19.4. The smallest absolute Gasteiger partial charge is 0.119 e. The number of benzene rings is 2. The zero-order valence-corrected chi connectivity index (χ0v) is 19.4. The lowest BCUT2D eigenvalue weighted by molar-refractivity contribution is 0.246. The van der Waals surface area contributed by atoms with Gasteiger partial charge < -0.3 is 10.1 Å². The van der Waals surface area contributed by atoms with Crippen LogP contribution in [0.1, 0.15) is 84.7 Å².